The third-order valence-electron chi connectivity index (χ3n) is 4.40. The fourth-order valence-corrected chi connectivity index (χ4v) is 3.60. The van der Waals surface area contributed by atoms with Crippen molar-refractivity contribution in [3.05, 3.63) is 53.7 Å². The van der Waals surface area contributed by atoms with Gasteiger partial charge >= 0.3 is 0 Å². The summed E-state index contributed by atoms with van der Waals surface area (Å²) in [5.74, 6) is 1.19. The summed E-state index contributed by atoms with van der Waals surface area (Å²) in [5, 5.41) is 8.89. The van der Waals surface area contributed by atoms with Gasteiger partial charge in [-0.3, -0.25) is 0 Å². The molecule has 1 aromatic heterocycles. The Morgan fingerprint density at radius 3 is 2.32 bits per heavy atom. The molecule has 28 heavy (non-hydrogen) atoms. The molecular weight excluding hydrogens is 377 g/mol. The zero-order valence-electron chi connectivity index (χ0n) is 16.7. The number of nitrogens with zero attached hydrogens (tertiary/aromatic N) is 3. The van der Waals surface area contributed by atoms with Gasteiger partial charge in [-0.05, 0) is 35.2 Å². The average Bonchev–Trinajstić information content (AvgIpc) is 3.09. The first kappa shape index (κ1) is 20.2. The normalized spacial score (nSPS) is 11.5. The fourth-order valence-electron chi connectivity index (χ4n) is 2.77. The highest BCUT2D eigenvalue weighted by Crippen LogP contribution is 2.34. The number of alkyl halides is 1. The monoisotopic (exact) mass is 401 g/mol. The van der Waals surface area contributed by atoms with E-state index in [2.05, 4.69) is 43.2 Å². The van der Waals surface area contributed by atoms with Gasteiger partial charge in [0, 0.05) is 11.0 Å². The lowest BCUT2D eigenvalue weighted by Crippen LogP contribution is -2.10. The zero-order chi connectivity index (χ0) is 20.3. The maximum absolute atomic E-state index is 13.9. The quantitative estimate of drug-likeness (QED) is 0.568. The van der Waals surface area contributed by atoms with E-state index < -0.39 is 6.67 Å². The maximum Gasteiger partial charge on any atom is 0.150 e. The Balaban J connectivity index is 1.95. The van der Waals surface area contributed by atoms with Crippen LogP contribution in [-0.2, 0) is 12.1 Å². The van der Waals surface area contributed by atoms with Gasteiger partial charge < -0.3 is 9.47 Å². The highest BCUT2D eigenvalue weighted by Gasteiger charge is 2.19. The third-order valence-corrected chi connectivity index (χ3v) is 5.42. The highest BCUT2D eigenvalue weighted by atomic mass is 32.2. The molecule has 0 aliphatic carbocycles. The van der Waals surface area contributed by atoms with Crippen LogP contribution in [-0.4, -0.2) is 29.2 Å². The number of rotatable bonds is 6. The lowest BCUT2D eigenvalue weighted by molar-refractivity contribution is 0.398. The van der Waals surface area contributed by atoms with Gasteiger partial charge in [-0.1, -0.05) is 49.9 Å². The number of methoxy groups -OCH3 is 2. The largest absolute Gasteiger partial charge is 0.497 e. The molecule has 5 nitrogen and oxygen atoms in total. The summed E-state index contributed by atoms with van der Waals surface area (Å²) in [6, 6.07) is 13.5. The van der Waals surface area contributed by atoms with Crippen LogP contribution < -0.4 is 9.47 Å². The molecule has 0 bridgehead atoms. The van der Waals surface area contributed by atoms with Crippen molar-refractivity contribution in [3.8, 4) is 17.2 Å². The van der Waals surface area contributed by atoms with Crippen LogP contribution in [0.15, 0.2) is 52.4 Å². The third kappa shape index (κ3) is 4.14. The smallest absolute Gasteiger partial charge is 0.150 e. The van der Waals surface area contributed by atoms with E-state index in [1.807, 2.05) is 12.1 Å². The van der Waals surface area contributed by atoms with Gasteiger partial charge in [0.25, 0.3) is 0 Å². The van der Waals surface area contributed by atoms with Crippen molar-refractivity contribution in [2.24, 2.45) is 0 Å². The number of hydrogen-bond donors (Lipinski definition) is 0. The molecule has 7 heteroatoms. The molecule has 0 saturated carbocycles. The summed E-state index contributed by atoms with van der Waals surface area (Å²) >= 11 is 1.39. The Kier molecular flexibility index (Phi) is 5.93. The number of ether oxygens (including phenoxy) is 2. The SMILES string of the molecule is COc1ccc(OC)c(-n2nnc(Sc3ccc(C(C)(C)C)cc3)c2CF)c1. The van der Waals surface area contributed by atoms with Gasteiger partial charge in [-0.15, -0.1) is 5.10 Å². The summed E-state index contributed by atoms with van der Waals surface area (Å²) in [6.45, 7) is 5.81. The average molecular weight is 402 g/mol. The van der Waals surface area contributed by atoms with Gasteiger partial charge in [0.15, 0.2) is 0 Å². The van der Waals surface area contributed by atoms with Crippen LogP contribution in [0.3, 0.4) is 0 Å². The molecule has 0 atom stereocenters. The number of aromatic nitrogens is 3. The Labute approximate surface area is 168 Å². The first-order valence-corrected chi connectivity index (χ1v) is 9.70. The summed E-state index contributed by atoms with van der Waals surface area (Å²) < 4.78 is 26.1. The Bertz CT molecular complexity index is 949. The second kappa shape index (κ2) is 8.22. The van der Waals surface area contributed by atoms with Crippen molar-refractivity contribution in [1.82, 2.24) is 15.0 Å². The van der Waals surface area contributed by atoms with Crippen LogP contribution in [0.2, 0.25) is 0 Å². The topological polar surface area (TPSA) is 49.2 Å². The molecule has 3 rings (SSSR count). The Morgan fingerprint density at radius 1 is 1.04 bits per heavy atom. The molecule has 0 spiro atoms. The fraction of sp³-hybridized carbons (Fsp3) is 0.333. The van der Waals surface area contributed by atoms with Crippen molar-refractivity contribution < 1.29 is 13.9 Å². The predicted octanol–water partition coefficient (Wildman–Crippen LogP) is 5.20. The van der Waals surface area contributed by atoms with Crippen molar-refractivity contribution >= 4 is 11.8 Å². The molecule has 0 aliphatic rings. The molecule has 2 aromatic carbocycles. The number of hydrogen-bond acceptors (Lipinski definition) is 5. The molecule has 0 N–H and O–H groups in total. The minimum absolute atomic E-state index is 0.0827. The van der Waals surface area contributed by atoms with Crippen molar-refractivity contribution in [2.45, 2.75) is 42.8 Å². The van der Waals surface area contributed by atoms with Crippen LogP contribution in [0, 0.1) is 0 Å². The first-order chi connectivity index (χ1) is 13.4. The van der Waals surface area contributed by atoms with E-state index in [0.29, 0.717) is 27.9 Å². The standard InChI is InChI=1S/C21H24FN3O2S/c1-21(2,3)14-6-9-16(10-7-14)28-20-18(13-22)25(24-23-20)17-12-15(26-4)8-11-19(17)27-5/h6-12H,13H2,1-5H3. The van der Waals surface area contributed by atoms with Crippen LogP contribution in [0.5, 0.6) is 11.5 Å². The van der Waals surface area contributed by atoms with Crippen LogP contribution in [0.4, 0.5) is 4.39 Å². The molecule has 148 valence electrons. The van der Waals surface area contributed by atoms with Crippen molar-refractivity contribution in [1.29, 1.82) is 0 Å². The van der Waals surface area contributed by atoms with Gasteiger partial charge in [0.05, 0.1) is 14.2 Å². The molecule has 0 saturated heterocycles. The van der Waals surface area contributed by atoms with Crippen molar-refractivity contribution in [3.63, 3.8) is 0 Å². The molecule has 3 aromatic rings. The van der Waals surface area contributed by atoms with Gasteiger partial charge in [-0.2, -0.15) is 0 Å². The minimum Gasteiger partial charge on any atom is -0.497 e. The molecule has 0 aliphatic heterocycles. The number of halogens is 1. The van der Waals surface area contributed by atoms with E-state index in [-0.39, 0.29) is 5.41 Å². The molecular formula is C21H24FN3O2S. The Morgan fingerprint density at radius 2 is 1.75 bits per heavy atom. The molecule has 0 radical (unpaired) electrons. The first-order valence-electron chi connectivity index (χ1n) is 8.88. The van der Waals surface area contributed by atoms with Crippen molar-refractivity contribution in [2.75, 3.05) is 14.2 Å². The van der Waals surface area contributed by atoms with E-state index in [0.717, 1.165) is 4.90 Å². The van der Waals surface area contributed by atoms with E-state index in [4.69, 9.17) is 9.47 Å². The zero-order valence-corrected chi connectivity index (χ0v) is 17.5. The second-order valence-electron chi connectivity index (χ2n) is 7.30. The molecule has 0 fully saturated rings. The molecule has 1 heterocycles. The minimum atomic E-state index is -0.699. The second-order valence-corrected chi connectivity index (χ2v) is 8.36. The lowest BCUT2D eigenvalue weighted by Gasteiger charge is -2.18. The van der Waals surface area contributed by atoms with E-state index in [1.165, 1.54) is 22.0 Å². The predicted molar refractivity (Wildman–Crippen MR) is 109 cm³/mol. The summed E-state index contributed by atoms with van der Waals surface area (Å²) in [4.78, 5) is 0.979. The maximum atomic E-state index is 13.9. The molecule has 0 amide bonds. The molecule has 0 unspecified atom stereocenters. The van der Waals surface area contributed by atoms with Crippen LogP contribution in [0.25, 0.3) is 5.69 Å². The van der Waals surface area contributed by atoms with E-state index >= 15 is 0 Å². The van der Waals surface area contributed by atoms with Gasteiger partial charge in [0.1, 0.15) is 34.6 Å². The van der Waals surface area contributed by atoms with Crippen LogP contribution in [0.1, 0.15) is 32.0 Å². The van der Waals surface area contributed by atoms with Gasteiger partial charge in [-0.25, -0.2) is 9.07 Å². The van der Waals surface area contributed by atoms with E-state index in [9.17, 15) is 4.39 Å². The lowest BCUT2D eigenvalue weighted by atomic mass is 9.87. The summed E-state index contributed by atoms with van der Waals surface area (Å²) in [6.07, 6.45) is 0. The highest BCUT2D eigenvalue weighted by molar-refractivity contribution is 7.99. The summed E-state index contributed by atoms with van der Waals surface area (Å²) in [5.41, 5.74) is 2.28. The summed E-state index contributed by atoms with van der Waals surface area (Å²) in [7, 11) is 3.13. The van der Waals surface area contributed by atoms with Crippen LogP contribution >= 0.6 is 11.8 Å². The Hall–Kier alpha value is -2.54. The van der Waals surface area contributed by atoms with E-state index in [1.54, 1.807) is 32.4 Å². The van der Waals surface area contributed by atoms with Gasteiger partial charge in [0.2, 0.25) is 0 Å². The number of benzene rings is 2.